The highest BCUT2D eigenvalue weighted by molar-refractivity contribution is 7.10. The molecule has 0 aliphatic heterocycles. The lowest BCUT2D eigenvalue weighted by Gasteiger charge is -2.22. The molecule has 4 nitrogen and oxygen atoms in total. The SMILES string of the molecule is CCCCCNC(=NCC(c1cccs1)N(C)C)NCC. The topological polar surface area (TPSA) is 39.7 Å². The van der Waals surface area contributed by atoms with Gasteiger partial charge in [0.15, 0.2) is 5.96 Å². The second-order valence-corrected chi connectivity index (χ2v) is 6.33. The number of thiophene rings is 1. The Balaban J connectivity index is 2.57. The van der Waals surface area contributed by atoms with Gasteiger partial charge in [0, 0.05) is 18.0 Å². The minimum atomic E-state index is 0.344. The van der Waals surface area contributed by atoms with Crippen LogP contribution in [0.15, 0.2) is 22.5 Å². The van der Waals surface area contributed by atoms with Gasteiger partial charge in [-0.1, -0.05) is 25.8 Å². The molecule has 0 aliphatic rings. The summed E-state index contributed by atoms with van der Waals surface area (Å²) in [6.07, 6.45) is 3.71. The highest BCUT2D eigenvalue weighted by Gasteiger charge is 2.14. The Bertz CT molecular complexity index is 387. The summed E-state index contributed by atoms with van der Waals surface area (Å²) in [7, 11) is 4.23. The number of nitrogens with zero attached hydrogens (tertiary/aromatic N) is 2. The zero-order chi connectivity index (χ0) is 15.5. The van der Waals surface area contributed by atoms with E-state index in [0.29, 0.717) is 6.04 Å². The van der Waals surface area contributed by atoms with Gasteiger partial charge in [0.25, 0.3) is 0 Å². The molecule has 1 aromatic rings. The Hall–Kier alpha value is -1.07. The van der Waals surface area contributed by atoms with E-state index >= 15 is 0 Å². The van der Waals surface area contributed by atoms with Crippen molar-refractivity contribution in [1.29, 1.82) is 0 Å². The Morgan fingerprint density at radius 2 is 2.10 bits per heavy atom. The maximum absolute atomic E-state index is 4.75. The summed E-state index contributed by atoms with van der Waals surface area (Å²) >= 11 is 1.80. The first kappa shape index (κ1) is 18.0. The van der Waals surface area contributed by atoms with E-state index < -0.39 is 0 Å². The largest absolute Gasteiger partial charge is 0.357 e. The first-order valence-electron chi connectivity index (χ1n) is 7.91. The molecule has 0 fully saturated rings. The van der Waals surface area contributed by atoms with E-state index in [0.717, 1.165) is 25.6 Å². The molecule has 1 heterocycles. The summed E-state index contributed by atoms with van der Waals surface area (Å²) in [5, 5.41) is 8.87. The van der Waals surface area contributed by atoms with Gasteiger partial charge >= 0.3 is 0 Å². The Morgan fingerprint density at radius 3 is 2.67 bits per heavy atom. The molecule has 0 saturated heterocycles. The van der Waals surface area contributed by atoms with Crippen LogP contribution in [-0.4, -0.2) is 44.6 Å². The van der Waals surface area contributed by atoms with Crippen molar-refractivity contribution < 1.29 is 0 Å². The fraction of sp³-hybridized carbons (Fsp3) is 0.688. The standard InChI is InChI=1S/C16H30N4S/c1-5-7-8-11-18-16(17-6-2)19-13-14(20(3)4)15-10-9-12-21-15/h9-10,12,14H,5-8,11,13H2,1-4H3,(H2,17,18,19). The molecule has 0 saturated carbocycles. The summed E-state index contributed by atoms with van der Waals surface area (Å²) in [5.41, 5.74) is 0. The molecule has 2 N–H and O–H groups in total. The summed E-state index contributed by atoms with van der Waals surface area (Å²) in [4.78, 5) is 8.35. The van der Waals surface area contributed by atoms with Crippen LogP contribution in [-0.2, 0) is 0 Å². The van der Waals surface area contributed by atoms with Crippen LogP contribution in [0.1, 0.15) is 44.0 Å². The highest BCUT2D eigenvalue weighted by atomic mass is 32.1. The van der Waals surface area contributed by atoms with Gasteiger partial charge in [-0.3, -0.25) is 4.99 Å². The third-order valence-corrected chi connectivity index (χ3v) is 4.31. The van der Waals surface area contributed by atoms with Crippen LogP contribution < -0.4 is 10.6 Å². The average molecular weight is 311 g/mol. The van der Waals surface area contributed by atoms with Crippen molar-refractivity contribution in [2.45, 2.75) is 39.2 Å². The van der Waals surface area contributed by atoms with Crippen molar-refractivity contribution in [3.05, 3.63) is 22.4 Å². The van der Waals surface area contributed by atoms with E-state index in [1.54, 1.807) is 11.3 Å². The molecule has 0 bridgehead atoms. The minimum Gasteiger partial charge on any atom is -0.357 e. The van der Waals surface area contributed by atoms with Crippen molar-refractivity contribution >= 4 is 17.3 Å². The third-order valence-electron chi connectivity index (χ3n) is 3.33. The van der Waals surface area contributed by atoms with Crippen LogP contribution in [0.25, 0.3) is 0 Å². The van der Waals surface area contributed by atoms with Crippen LogP contribution in [0, 0.1) is 0 Å². The van der Waals surface area contributed by atoms with Gasteiger partial charge in [0.2, 0.25) is 0 Å². The molecule has 1 unspecified atom stereocenters. The van der Waals surface area contributed by atoms with E-state index in [9.17, 15) is 0 Å². The van der Waals surface area contributed by atoms with E-state index in [2.05, 4.69) is 61.0 Å². The number of likely N-dealkylation sites (N-methyl/N-ethyl adjacent to an activating group) is 1. The van der Waals surface area contributed by atoms with Gasteiger partial charge in [0.1, 0.15) is 0 Å². The van der Waals surface area contributed by atoms with Gasteiger partial charge < -0.3 is 15.5 Å². The van der Waals surface area contributed by atoms with Gasteiger partial charge in [-0.2, -0.15) is 0 Å². The predicted octanol–water partition coefficient (Wildman–Crippen LogP) is 3.10. The fourth-order valence-corrected chi connectivity index (χ4v) is 3.00. The molecular formula is C16H30N4S. The number of rotatable bonds is 9. The predicted molar refractivity (Wildman–Crippen MR) is 94.3 cm³/mol. The smallest absolute Gasteiger partial charge is 0.191 e. The number of aliphatic imine (C=N–C) groups is 1. The van der Waals surface area contributed by atoms with E-state index in [1.807, 2.05) is 0 Å². The van der Waals surface area contributed by atoms with Crippen LogP contribution in [0.2, 0.25) is 0 Å². The summed E-state index contributed by atoms with van der Waals surface area (Å²) in [6.45, 7) is 6.99. The zero-order valence-corrected chi connectivity index (χ0v) is 14.7. The van der Waals surface area contributed by atoms with Gasteiger partial charge in [0.05, 0.1) is 12.6 Å². The van der Waals surface area contributed by atoms with E-state index in [1.165, 1.54) is 24.1 Å². The lowest BCUT2D eigenvalue weighted by atomic mass is 10.2. The molecule has 0 amide bonds. The second kappa shape index (κ2) is 10.6. The van der Waals surface area contributed by atoms with Crippen LogP contribution in [0.5, 0.6) is 0 Å². The maximum atomic E-state index is 4.75. The number of guanidine groups is 1. The van der Waals surface area contributed by atoms with Gasteiger partial charge in [-0.25, -0.2) is 0 Å². The normalized spacial score (nSPS) is 13.5. The quantitative estimate of drug-likeness (QED) is 0.418. The van der Waals surface area contributed by atoms with Gasteiger partial charge in [-0.15, -0.1) is 11.3 Å². The molecule has 21 heavy (non-hydrogen) atoms. The molecule has 0 radical (unpaired) electrons. The third kappa shape index (κ3) is 6.96. The van der Waals surface area contributed by atoms with Gasteiger partial charge in [-0.05, 0) is 38.9 Å². The molecule has 1 aromatic heterocycles. The number of hydrogen-bond donors (Lipinski definition) is 2. The average Bonchev–Trinajstić information content (AvgIpc) is 2.97. The van der Waals surface area contributed by atoms with Crippen LogP contribution >= 0.6 is 11.3 Å². The van der Waals surface area contributed by atoms with E-state index in [4.69, 9.17) is 4.99 Å². The van der Waals surface area contributed by atoms with Crippen molar-refractivity contribution in [1.82, 2.24) is 15.5 Å². The number of nitrogens with one attached hydrogen (secondary N) is 2. The first-order valence-corrected chi connectivity index (χ1v) is 8.79. The summed E-state index contributed by atoms with van der Waals surface area (Å²) in [5.74, 6) is 0.928. The maximum Gasteiger partial charge on any atom is 0.191 e. The summed E-state index contributed by atoms with van der Waals surface area (Å²) in [6, 6.07) is 4.64. The Morgan fingerprint density at radius 1 is 1.29 bits per heavy atom. The lowest BCUT2D eigenvalue weighted by Crippen LogP contribution is -2.38. The fourth-order valence-electron chi connectivity index (χ4n) is 2.09. The van der Waals surface area contributed by atoms with Crippen LogP contribution in [0.3, 0.4) is 0 Å². The molecule has 1 rings (SSSR count). The van der Waals surface area contributed by atoms with Crippen molar-refractivity contribution in [3.8, 4) is 0 Å². The lowest BCUT2D eigenvalue weighted by molar-refractivity contribution is 0.310. The Kier molecular flexibility index (Phi) is 9.10. The number of unbranched alkanes of at least 4 members (excludes halogenated alkanes) is 2. The molecule has 0 spiro atoms. The molecule has 0 aliphatic carbocycles. The molecule has 1 atom stereocenters. The molecule has 0 aromatic carbocycles. The highest BCUT2D eigenvalue weighted by Crippen LogP contribution is 2.23. The van der Waals surface area contributed by atoms with Crippen molar-refractivity contribution in [3.63, 3.8) is 0 Å². The first-order chi connectivity index (χ1) is 10.2. The zero-order valence-electron chi connectivity index (χ0n) is 13.9. The van der Waals surface area contributed by atoms with Crippen LogP contribution in [0.4, 0.5) is 0 Å². The second-order valence-electron chi connectivity index (χ2n) is 5.35. The minimum absolute atomic E-state index is 0.344. The van der Waals surface area contributed by atoms with E-state index in [-0.39, 0.29) is 0 Å². The van der Waals surface area contributed by atoms with Crippen molar-refractivity contribution in [2.24, 2.45) is 4.99 Å². The molecular weight excluding hydrogens is 280 g/mol. The number of hydrogen-bond acceptors (Lipinski definition) is 3. The molecule has 5 heteroatoms. The summed E-state index contributed by atoms with van der Waals surface area (Å²) < 4.78 is 0. The molecule has 120 valence electrons. The Labute approximate surface area is 133 Å². The van der Waals surface area contributed by atoms with Crippen molar-refractivity contribution in [2.75, 3.05) is 33.7 Å². The monoisotopic (exact) mass is 310 g/mol.